The molecule has 0 saturated carbocycles. The Balaban J connectivity index is 2.26. The van der Waals surface area contributed by atoms with E-state index >= 15 is 0 Å². The average molecular weight is 190 g/mol. The van der Waals surface area contributed by atoms with Crippen LogP contribution in [0, 0.1) is 0 Å². The second kappa shape index (κ2) is 4.57. The lowest BCUT2D eigenvalue weighted by Gasteiger charge is -2.21. The van der Waals surface area contributed by atoms with Crippen LogP contribution in [0.25, 0.3) is 0 Å². The molecule has 5 heteroatoms. The van der Waals surface area contributed by atoms with Gasteiger partial charge in [0.25, 0.3) is 0 Å². The third-order valence-corrected chi connectivity index (χ3v) is 3.32. The topological polar surface area (TPSA) is 72.2 Å². The first-order valence-electron chi connectivity index (χ1n) is 4.07. The summed E-state index contributed by atoms with van der Waals surface area (Å²) in [7, 11) is -0.660. The Labute approximate surface area is 74.3 Å². The van der Waals surface area contributed by atoms with E-state index in [1.807, 2.05) is 0 Å². The molecule has 1 amide bonds. The van der Waals surface area contributed by atoms with Crippen molar-refractivity contribution in [1.29, 1.82) is 0 Å². The van der Waals surface area contributed by atoms with E-state index in [1.54, 1.807) is 0 Å². The van der Waals surface area contributed by atoms with Gasteiger partial charge >= 0.3 is 0 Å². The second-order valence-corrected chi connectivity index (χ2v) is 4.59. The van der Waals surface area contributed by atoms with E-state index in [4.69, 9.17) is 5.73 Å². The Morgan fingerprint density at radius 2 is 2.08 bits per heavy atom. The summed E-state index contributed by atoms with van der Waals surface area (Å²) in [6.07, 6.45) is 1.64. The van der Waals surface area contributed by atoms with Crippen LogP contribution in [0.2, 0.25) is 0 Å². The van der Waals surface area contributed by atoms with Crippen molar-refractivity contribution in [1.82, 2.24) is 5.32 Å². The average Bonchev–Trinajstić information content (AvgIpc) is 2.09. The van der Waals surface area contributed by atoms with Crippen molar-refractivity contribution >= 4 is 16.7 Å². The lowest BCUT2D eigenvalue weighted by molar-refractivity contribution is -0.120. The van der Waals surface area contributed by atoms with Gasteiger partial charge in [-0.05, 0) is 12.8 Å². The molecule has 70 valence electrons. The summed E-state index contributed by atoms with van der Waals surface area (Å²) in [5.41, 5.74) is 5.14. The maximum atomic E-state index is 10.9. The SMILES string of the molecule is NCC(=O)NC1CCS(=O)CC1. The number of hydrogen-bond donors (Lipinski definition) is 2. The van der Waals surface area contributed by atoms with Crippen molar-refractivity contribution in [2.45, 2.75) is 18.9 Å². The number of nitrogens with one attached hydrogen (secondary N) is 1. The standard InChI is InChI=1S/C7H14N2O2S/c8-5-7(10)9-6-1-3-12(11)4-2-6/h6H,1-5,8H2,(H,9,10). The van der Waals surface area contributed by atoms with Gasteiger partial charge in [0.2, 0.25) is 5.91 Å². The van der Waals surface area contributed by atoms with Crippen molar-refractivity contribution in [3.63, 3.8) is 0 Å². The van der Waals surface area contributed by atoms with Crippen LogP contribution in [0.1, 0.15) is 12.8 Å². The van der Waals surface area contributed by atoms with Gasteiger partial charge < -0.3 is 11.1 Å². The van der Waals surface area contributed by atoms with E-state index in [9.17, 15) is 9.00 Å². The van der Waals surface area contributed by atoms with Crippen LogP contribution < -0.4 is 11.1 Å². The molecule has 0 radical (unpaired) electrons. The van der Waals surface area contributed by atoms with Crippen LogP contribution >= 0.6 is 0 Å². The van der Waals surface area contributed by atoms with Crippen LogP contribution in [-0.2, 0) is 15.6 Å². The minimum atomic E-state index is -0.660. The smallest absolute Gasteiger partial charge is 0.233 e. The fourth-order valence-corrected chi connectivity index (χ4v) is 2.52. The minimum Gasteiger partial charge on any atom is -0.352 e. The Kier molecular flexibility index (Phi) is 3.68. The normalized spacial score (nSPS) is 29.8. The number of rotatable bonds is 2. The molecule has 0 aromatic heterocycles. The highest BCUT2D eigenvalue weighted by Gasteiger charge is 2.18. The molecule has 0 unspecified atom stereocenters. The highest BCUT2D eigenvalue weighted by atomic mass is 32.2. The highest BCUT2D eigenvalue weighted by Crippen LogP contribution is 2.08. The van der Waals surface area contributed by atoms with E-state index in [2.05, 4.69) is 5.32 Å². The van der Waals surface area contributed by atoms with Gasteiger partial charge in [-0.3, -0.25) is 9.00 Å². The van der Waals surface area contributed by atoms with Gasteiger partial charge in [0, 0.05) is 28.3 Å². The number of carbonyl (C=O) groups excluding carboxylic acids is 1. The maximum absolute atomic E-state index is 10.9. The number of nitrogens with two attached hydrogens (primary N) is 1. The van der Waals surface area contributed by atoms with E-state index in [0.717, 1.165) is 12.8 Å². The summed E-state index contributed by atoms with van der Waals surface area (Å²) in [6, 6.07) is 0.193. The Morgan fingerprint density at radius 1 is 1.50 bits per heavy atom. The lowest BCUT2D eigenvalue weighted by atomic mass is 10.1. The van der Waals surface area contributed by atoms with Crippen molar-refractivity contribution in [3.05, 3.63) is 0 Å². The summed E-state index contributed by atoms with van der Waals surface area (Å²) in [5.74, 6) is 1.29. The fourth-order valence-electron chi connectivity index (χ4n) is 1.22. The van der Waals surface area contributed by atoms with E-state index in [-0.39, 0.29) is 18.5 Å². The Morgan fingerprint density at radius 3 is 2.58 bits per heavy atom. The maximum Gasteiger partial charge on any atom is 0.233 e. The van der Waals surface area contributed by atoms with Crippen LogP contribution in [-0.4, -0.2) is 34.2 Å². The first kappa shape index (κ1) is 9.67. The van der Waals surface area contributed by atoms with Gasteiger partial charge in [0.1, 0.15) is 0 Å². The molecule has 1 saturated heterocycles. The monoisotopic (exact) mass is 190 g/mol. The largest absolute Gasteiger partial charge is 0.352 e. The molecule has 0 atom stereocenters. The molecule has 4 nitrogen and oxygen atoms in total. The number of amides is 1. The third-order valence-electron chi connectivity index (χ3n) is 1.94. The zero-order valence-corrected chi connectivity index (χ0v) is 7.73. The van der Waals surface area contributed by atoms with Crippen LogP contribution in [0.4, 0.5) is 0 Å². The van der Waals surface area contributed by atoms with E-state index < -0.39 is 10.8 Å². The summed E-state index contributed by atoms with van der Waals surface area (Å²) < 4.78 is 10.9. The molecule has 1 aliphatic heterocycles. The lowest BCUT2D eigenvalue weighted by Crippen LogP contribution is -2.42. The van der Waals surface area contributed by atoms with Crippen LogP contribution in [0.15, 0.2) is 0 Å². The van der Waals surface area contributed by atoms with E-state index in [1.165, 1.54) is 0 Å². The van der Waals surface area contributed by atoms with Gasteiger partial charge in [0.15, 0.2) is 0 Å². The molecule has 0 aliphatic carbocycles. The van der Waals surface area contributed by atoms with Gasteiger partial charge in [0.05, 0.1) is 6.54 Å². The van der Waals surface area contributed by atoms with Crippen molar-refractivity contribution in [2.75, 3.05) is 18.1 Å². The molecular formula is C7H14N2O2S. The summed E-state index contributed by atoms with van der Waals surface area (Å²) in [5, 5.41) is 2.79. The number of carbonyl (C=O) groups is 1. The highest BCUT2D eigenvalue weighted by molar-refractivity contribution is 7.85. The molecule has 0 aromatic rings. The van der Waals surface area contributed by atoms with Gasteiger partial charge in [-0.15, -0.1) is 0 Å². The molecule has 0 spiro atoms. The zero-order chi connectivity index (χ0) is 8.97. The minimum absolute atomic E-state index is 0.0413. The quantitative estimate of drug-likeness (QED) is 0.585. The van der Waals surface area contributed by atoms with Crippen molar-refractivity contribution < 1.29 is 9.00 Å². The van der Waals surface area contributed by atoms with Gasteiger partial charge in [-0.25, -0.2) is 0 Å². The molecule has 3 N–H and O–H groups in total. The third kappa shape index (κ3) is 2.91. The molecular weight excluding hydrogens is 176 g/mol. The Bertz CT molecular complexity index is 186. The fraction of sp³-hybridized carbons (Fsp3) is 0.857. The molecule has 0 aromatic carbocycles. The van der Waals surface area contributed by atoms with Crippen molar-refractivity contribution in [3.8, 4) is 0 Å². The summed E-state index contributed by atoms with van der Waals surface area (Å²) >= 11 is 0. The summed E-state index contributed by atoms with van der Waals surface area (Å²) in [6.45, 7) is 0.0413. The van der Waals surface area contributed by atoms with Crippen molar-refractivity contribution in [2.24, 2.45) is 5.73 Å². The number of hydrogen-bond acceptors (Lipinski definition) is 3. The Hall–Kier alpha value is -0.420. The first-order valence-corrected chi connectivity index (χ1v) is 5.55. The molecule has 12 heavy (non-hydrogen) atoms. The molecule has 0 bridgehead atoms. The van der Waals surface area contributed by atoms with Crippen LogP contribution in [0.5, 0.6) is 0 Å². The molecule has 1 rings (SSSR count). The van der Waals surface area contributed by atoms with Gasteiger partial charge in [-0.2, -0.15) is 0 Å². The molecule has 1 heterocycles. The van der Waals surface area contributed by atoms with Crippen LogP contribution in [0.3, 0.4) is 0 Å². The first-order chi connectivity index (χ1) is 5.72. The predicted octanol–water partition coefficient (Wildman–Crippen LogP) is -1.03. The summed E-state index contributed by atoms with van der Waals surface area (Å²) in [4.78, 5) is 10.8. The second-order valence-electron chi connectivity index (χ2n) is 2.89. The van der Waals surface area contributed by atoms with E-state index in [0.29, 0.717) is 11.5 Å². The zero-order valence-electron chi connectivity index (χ0n) is 6.91. The molecule has 1 fully saturated rings. The molecule has 1 aliphatic rings. The predicted molar refractivity (Wildman–Crippen MR) is 48.1 cm³/mol. The van der Waals surface area contributed by atoms with Gasteiger partial charge in [-0.1, -0.05) is 0 Å².